The number of rotatable bonds is 5. The Morgan fingerprint density at radius 1 is 0.900 bits per heavy atom. The number of nitrogens with zero attached hydrogens (tertiary/aromatic N) is 5. The molecule has 0 spiro atoms. The Labute approximate surface area is 176 Å². The molecule has 3 heterocycles. The predicted molar refractivity (Wildman–Crippen MR) is 119 cm³/mol. The lowest BCUT2D eigenvalue weighted by atomic mass is 10.1. The molecular formula is C22H25N7O. The van der Waals surface area contributed by atoms with Crippen molar-refractivity contribution >= 4 is 29.2 Å². The van der Waals surface area contributed by atoms with Crippen LogP contribution in [0, 0.1) is 0 Å². The predicted octanol–water partition coefficient (Wildman–Crippen LogP) is 3.40. The second-order valence-electron chi connectivity index (χ2n) is 7.02. The largest absolute Gasteiger partial charge is 0.353 e. The topological polar surface area (TPSA) is 86.3 Å². The van der Waals surface area contributed by atoms with Crippen molar-refractivity contribution in [3.63, 3.8) is 0 Å². The number of anilines is 4. The summed E-state index contributed by atoms with van der Waals surface area (Å²) < 4.78 is 0. The molecule has 2 aromatic heterocycles. The van der Waals surface area contributed by atoms with Gasteiger partial charge in [0.25, 0.3) is 0 Å². The van der Waals surface area contributed by atoms with E-state index >= 15 is 0 Å². The monoisotopic (exact) mass is 403 g/mol. The Morgan fingerprint density at radius 3 is 2.30 bits per heavy atom. The third-order valence-corrected chi connectivity index (χ3v) is 5.08. The van der Waals surface area contributed by atoms with Gasteiger partial charge in [0, 0.05) is 38.1 Å². The van der Waals surface area contributed by atoms with Crippen molar-refractivity contribution in [2.24, 2.45) is 0 Å². The van der Waals surface area contributed by atoms with Crippen molar-refractivity contribution in [1.82, 2.24) is 15.0 Å². The summed E-state index contributed by atoms with van der Waals surface area (Å²) in [5.74, 6) is 1.66. The van der Waals surface area contributed by atoms with Gasteiger partial charge in [-0.15, -0.1) is 0 Å². The highest BCUT2D eigenvalue weighted by Gasteiger charge is 2.19. The van der Waals surface area contributed by atoms with Crippen LogP contribution in [0.5, 0.6) is 0 Å². The van der Waals surface area contributed by atoms with Crippen LogP contribution in [-0.2, 0) is 6.42 Å². The molecule has 30 heavy (non-hydrogen) atoms. The standard InChI is InChI=1S/C22H25N7O/c1-2-17-7-3-4-8-19(17)27-22(30)26-18-15-24-21(25-16-18)29-13-11-28(12-14-29)20-9-5-6-10-23-20/h3-10,15-16H,2,11-14H2,1H3,(H2,26,27,30). The smallest absolute Gasteiger partial charge is 0.323 e. The number of amides is 2. The Kier molecular flexibility index (Phi) is 6.03. The Hall–Kier alpha value is -3.68. The maximum Gasteiger partial charge on any atom is 0.323 e. The van der Waals surface area contributed by atoms with Gasteiger partial charge in [-0.2, -0.15) is 0 Å². The van der Waals surface area contributed by atoms with Crippen molar-refractivity contribution in [1.29, 1.82) is 0 Å². The number of aryl methyl sites for hydroxylation is 1. The van der Waals surface area contributed by atoms with E-state index in [-0.39, 0.29) is 6.03 Å². The maximum absolute atomic E-state index is 12.3. The van der Waals surface area contributed by atoms with Gasteiger partial charge in [0.2, 0.25) is 5.95 Å². The molecule has 1 aliphatic rings. The Bertz CT molecular complexity index is 970. The number of benzene rings is 1. The van der Waals surface area contributed by atoms with E-state index in [9.17, 15) is 4.79 Å². The average Bonchev–Trinajstić information content (AvgIpc) is 2.80. The van der Waals surface area contributed by atoms with Crippen LogP contribution in [0.2, 0.25) is 0 Å². The van der Waals surface area contributed by atoms with E-state index in [1.165, 1.54) is 0 Å². The first-order chi connectivity index (χ1) is 14.7. The second-order valence-corrected chi connectivity index (χ2v) is 7.02. The SMILES string of the molecule is CCc1ccccc1NC(=O)Nc1cnc(N2CCN(c3ccccn3)CC2)nc1. The normalized spacial score (nSPS) is 13.8. The van der Waals surface area contributed by atoms with E-state index in [0.29, 0.717) is 11.6 Å². The van der Waals surface area contributed by atoms with Gasteiger partial charge in [-0.3, -0.25) is 0 Å². The van der Waals surface area contributed by atoms with Gasteiger partial charge < -0.3 is 20.4 Å². The number of aromatic nitrogens is 3. The molecule has 2 N–H and O–H groups in total. The van der Waals surface area contributed by atoms with Crippen molar-refractivity contribution in [2.45, 2.75) is 13.3 Å². The van der Waals surface area contributed by atoms with E-state index in [0.717, 1.165) is 49.7 Å². The molecular weight excluding hydrogens is 378 g/mol. The highest BCUT2D eigenvalue weighted by Crippen LogP contribution is 2.18. The molecule has 0 aliphatic carbocycles. The number of carbonyl (C=O) groups excluding carboxylic acids is 1. The molecule has 0 radical (unpaired) electrons. The van der Waals surface area contributed by atoms with E-state index in [2.05, 4.69) is 42.3 Å². The molecule has 0 unspecified atom stereocenters. The van der Waals surface area contributed by atoms with Crippen LogP contribution in [-0.4, -0.2) is 47.2 Å². The van der Waals surface area contributed by atoms with Crippen molar-refractivity contribution in [3.05, 3.63) is 66.6 Å². The lowest BCUT2D eigenvalue weighted by Gasteiger charge is -2.35. The van der Waals surface area contributed by atoms with Crippen LogP contribution < -0.4 is 20.4 Å². The third-order valence-electron chi connectivity index (χ3n) is 5.08. The molecule has 154 valence electrons. The first kappa shape index (κ1) is 19.6. The summed E-state index contributed by atoms with van der Waals surface area (Å²) >= 11 is 0. The molecule has 1 aliphatic heterocycles. The van der Waals surface area contributed by atoms with Gasteiger partial charge in [-0.05, 0) is 30.2 Å². The summed E-state index contributed by atoms with van der Waals surface area (Å²) in [6.07, 6.45) is 5.94. The van der Waals surface area contributed by atoms with Crippen LogP contribution >= 0.6 is 0 Å². The summed E-state index contributed by atoms with van der Waals surface area (Å²) in [4.78, 5) is 30.0. The van der Waals surface area contributed by atoms with Gasteiger partial charge in [0.05, 0.1) is 18.1 Å². The zero-order valence-corrected chi connectivity index (χ0v) is 17.0. The highest BCUT2D eigenvalue weighted by molar-refractivity contribution is 6.00. The van der Waals surface area contributed by atoms with E-state index < -0.39 is 0 Å². The van der Waals surface area contributed by atoms with Gasteiger partial charge in [0.1, 0.15) is 5.82 Å². The van der Waals surface area contributed by atoms with E-state index in [1.54, 1.807) is 12.4 Å². The van der Waals surface area contributed by atoms with Crippen LogP contribution in [0.3, 0.4) is 0 Å². The van der Waals surface area contributed by atoms with Gasteiger partial charge >= 0.3 is 6.03 Å². The quantitative estimate of drug-likeness (QED) is 0.679. The first-order valence-electron chi connectivity index (χ1n) is 10.1. The summed E-state index contributed by atoms with van der Waals surface area (Å²) in [6.45, 7) is 5.41. The number of urea groups is 1. The van der Waals surface area contributed by atoms with Crippen LogP contribution in [0.1, 0.15) is 12.5 Å². The number of hydrogen-bond acceptors (Lipinski definition) is 6. The minimum Gasteiger partial charge on any atom is -0.353 e. The minimum absolute atomic E-state index is 0.309. The summed E-state index contributed by atoms with van der Waals surface area (Å²) in [5.41, 5.74) is 2.45. The summed E-state index contributed by atoms with van der Waals surface area (Å²) in [6, 6.07) is 13.4. The molecule has 0 saturated carbocycles. The van der Waals surface area contributed by atoms with E-state index in [4.69, 9.17) is 0 Å². The van der Waals surface area contributed by atoms with Crippen LogP contribution in [0.15, 0.2) is 61.1 Å². The fourth-order valence-electron chi connectivity index (χ4n) is 3.46. The zero-order valence-electron chi connectivity index (χ0n) is 17.0. The Balaban J connectivity index is 1.31. The van der Waals surface area contributed by atoms with Crippen molar-refractivity contribution < 1.29 is 4.79 Å². The number of pyridine rings is 1. The lowest BCUT2D eigenvalue weighted by molar-refractivity contribution is 0.262. The summed E-state index contributed by atoms with van der Waals surface area (Å²) in [7, 11) is 0. The molecule has 1 fully saturated rings. The van der Waals surface area contributed by atoms with Crippen molar-refractivity contribution in [2.75, 3.05) is 46.6 Å². The molecule has 1 saturated heterocycles. The van der Waals surface area contributed by atoms with Crippen molar-refractivity contribution in [3.8, 4) is 0 Å². The molecule has 1 aromatic carbocycles. The molecule has 8 nitrogen and oxygen atoms in total. The molecule has 3 aromatic rings. The number of nitrogens with one attached hydrogen (secondary N) is 2. The maximum atomic E-state index is 12.3. The summed E-state index contributed by atoms with van der Waals surface area (Å²) in [5, 5.41) is 5.67. The first-order valence-corrected chi connectivity index (χ1v) is 10.1. The zero-order chi connectivity index (χ0) is 20.8. The van der Waals surface area contributed by atoms with Gasteiger partial charge in [-0.1, -0.05) is 31.2 Å². The number of carbonyl (C=O) groups is 1. The number of hydrogen-bond donors (Lipinski definition) is 2. The second kappa shape index (κ2) is 9.21. The molecule has 2 amide bonds. The highest BCUT2D eigenvalue weighted by atomic mass is 16.2. The van der Waals surface area contributed by atoms with Gasteiger partial charge in [0.15, 0.2) is 0 Å². The Morgan fingerprint density at radius 2 is 1.60 bits per heavy atom. The van der Waals surface area contributed by atoms with Crippen LogP contribution in [0.25, 0.3) is 0 Å². The molecule has 4 rings (SSSR count). The fourth-order valence-corrected chi connectivity index (χ4v) is 3.46. The lowest BCUT2D eigenvalue weighted by Crippen LogP contribution is -2.47. The molecule has 0 bridgehead atoms. The number of piperazine rings is 1. The molecule has 0 atom stereocenters. The fraction of sp³-hybridized carbons (Fsp3) is 0.273. The molecule has 8 heteroatoms. The van der Waals surface area contributed by atoms with Crippen LogP contribution in [0.4, 0.5) is 27.9 Å². The minimum atomic E-state index is -0.309. The van der Waals surface area contributed by atoms with Gasteiger partial charge in [-0.25, -0.2) is 19.7 Å². The average molecular weight is 403 g/mol. The third kappa shape index (κ3) is 4.65. The number of para-hydroxylation sites is 1. The van der Waals surface area contributed by atoms with E-state index in [1.807, 2.05) is 48.7 Å².